The molecule has 2 N–H and O–H groups in total. The van der Waals surface area contributed by atoms with E-state index in [1.807, 2.05) is 6.08 Å². The molecule has 1 amide bonds. The van der Waals surface area contributed by atoms with Crippen LogP contribution >= 0.6 is 0 Å². The van der Waals surface area contributed by atoms with E-state index in [0.29, 0.717) is 12.8 Å². The number of amides is 1. The largest absolute Gasteiger partial charge is 0.480 e. The zero-order valence-corrected chi connectivity index (χ0v) is 30.8. The third-order valence-electron chi connectivity index (χ3n) is 8.13. The quantitative estimate of drug-likeness (QED) is 0.0404. The van der Waals surface area contributed by atoms with Gasteiger partial charge >= 0.3 is 11.9 Å². The lowest BCUT2D eigenvalue weighted by Gasteiger charge is -2.14. The number of carbonyl (C=O) groups is 3. The first-order chi connectivity index (χ1) is 23.5. The minimum atomic E-state index is -1.03. The molecule has 0 heterocycles. The van der Waals surface area contributed by atoms with Gasteiger partial charge in [-0.3, -0.25) is 14.4 Å². The van der Waals surface area contributed by atoms with E-state index in [9.17, 15) is 14.4 Å². The summed E-state index contributed by atoms with van der Waals surface area (Å²) in [5, 5.41) is 11.0. The van der Waals surface area contributed by atoms with E-state index >= 15 is 0 Å². The lowest BCUT2D eigenvalue weighted by Crippen LogP contribution is -2.28. The van der Waals surface area contributed by atoms with E-state index in [1.165, 1.54) is 57.8 Å². The molecule has 0 aliphatic carbocycles. The third-order valence-corrected chi connectivity index (χ3v) is 8.13. The molecule has 0 aromatic carbocycles. The van der Waals surface area contributed by atoms with Crippen LogP contribution in [0.5, 0.6) is 0 Å². The molecule has 6 nitrogen and oxygen atoms in total. The number of aliphatic carboxylic acids is 1. The maximum Gasteiger partial charge on any atom is 0.322 e. The lowest BCUT2D eigenvalue weighted by atomic mass is 10.1. The third kappa shape index (κ3) is 36.0. The highest BCUT2D eigenvalue weighted by Gasteiger charge is 2.11. The Morgan fingerprint density at radius 2 is 1.06 bits per heavy atom. The van der Waals surface area contributed by atoms with Gasteiger partial charge in [0.2, 0.25) is 5.91 Å². The molecule has 0 bridgehead atoms. The molecular weight excluding hydrogens is 598 g/mol. The van der Waals surface area contributed by atoms with Crippen molar-refractivity contribution in [2.45, 2.75) is 180 Å². The Labute approximate surface area is 294 Å². The first-order valence-electron chi connectivity index (χ1n) is 19.4. The van der Waals surface area contributed by atoms with Crippen LogP contribution in [-0.2, 0) is 19.1 Å². The number of nitrogens with one attached hydrogen (secondary N) is 1. The summed E-state index contributed by atoms with van der Waals surface area (Å²) in [5.41, 5.74) is 0. The molecule has 1 atom stereocenters. The average molecular weight is 670 g/mol. The molecule has 0 rings (SSSR count). The Kier molecular flexibility index (Phi) is 34.7. The predicted molar refractivity (Wildman–Crippen MR) is 203 cm³/mol. The van der Waals surface area contributed by atoms with Crippen molar-refractivity contribution in [3.63, 3.8) is 0 Å². The van der Waals surface area contributed by atoms with Crippen molar-refractivity contribution < 1.29 is 24.2 Å². The number of hydrogen-bond donors (Lipinski definition) is 2. The summed E-state index contributed by atoms with van der Waals surface area (Å²) in [5.74, 6) is -1.38. The standard InChI is InChI=1S/C42H71NO5/c1-3-5-7-9-11-12-13-14-15-16-17-18-19-20-21-22-23-24-25-27-33-37-42(47)48-39(34-30-26-10-8-6-4-2)35-31-28-29-32-36-40(44)43-38-41(45)46/h8,10,13-14,16-17,19-20,30,34,39H,3-7,9,11-12,15,18,21-29,31-33,35-38H2,1-2H3,(H,43,44)(H,45,46)/b10-8-,14-13-,17-16-,20-19-,34-30-. The molecule has 0 fully saturated rings. The molecule has 274 valence electrons. The molecule has 6 heteroatoms. The van der Waals surface area contributed by atoms with Gasteiger partial charge in [-0.15, -0.1) is 0 Å². The van der Waals surface area contributed by atoms with Gasteiger partial charge in [-0.1, -0.05) is 139 Å². The van der Waals surface area contributed by atoms with Crippen LogP contribution in [0.1, 0.15) is 174 Å². The number of carboxylic acid groups (broad SMARTS) is 1. The Morgan fingerprint density at radius 1 is 0.562 bits per heavy atom. The van der Waals surface area contributed by atoms with Gasteiger partial charge in [0.25, 0.3) is 0 Å². The minimum absolute atomic E-state index is 0.116. The summed E-state index contributed by atoms with van der Waals surface area (Å²) in [6.45, 7) is 4.09. The van der Waals surface area contributed by atoms with Crippen LogP contribution in [0, 0.1) is 0 Å². The van der Waals surface area contributed by atoms with E-state index in [4.69, 9.17) is 9.84 Å². The number of carbonyl (C=O) groups excluding carboxylic acids is 2. The van der Waals surface area contributed by atoms with Crippen molar-refractivity contribution in [1.29, 1.82) is 0 Å². The maximum atomic E-state index is 12.6. The van der Waals surface area contributed by atoms with Crippen molar-refractivity contribution in [3.05, 3.63) is 60.8 Å². The van der Waals surface area contributed by atoms with Crippen molar-refractivity contribution >= 4 is 17.8 Å². The fourth-order valence-corrected chi connectivity index (χ4v) is 5.24. The summed E-state index contributed by atoms with van der Waals surface area (Å²) in [6.07, 6.45) is 48.0. The van der Waals surface area contributed by atoms with Gasteiger partial charge in [0, 0.05) is 12.8 Å². The highest BCUT2D eigenvalue weighted by atomic mass is 16.5. The Balaban J connectivity index is 4.02. The fraction of sp³-hybridized carbons (Fsp3) is 0.690. The van der Waals surface area contributed by atoms with Crippen molar-refractivity contribution in [1.82, 2.24) is 5.32 Å². The normalized spacial score (nSPS) is 12.7. The number of carboxylic acids is 1. The van der Waals surface area contributed by atoms with Gasteiger partial charge < -0.3 is 15.2 Å². The minimum Gasteiger partial charge on any atom is -0.480 e. The summed E-state index contributed by atoms with van der Waals surface area (Å²) in [6, 6.07) is 0. The number of rotatable bonds is 34. The summed E-state index contributed by atoms with van der Waals surface area (Å²) >= 11 is 0. The van der Waals surface area contributed by atoms with Gasteiger partial charge in [0.1, 0.15) is 12.6 Å². The molecule has 48 heavy (non-hydrogen) atoms. The van der Waals surface area contributed by atoms with Crippen molar-refractivity contribution in [3.8, 4) is 0 Å². The number of unbranched alkanes of at least 4 members (excludes halogenated alkanes) is 15. The van der Waals surface area contributed by atoms with E-state index in [1.54, 1.807) is 0 Å². The van der Waals surface area contributed by atoms with E-state index in [-0.39, 0.29) is 24.5 Å². The molecule has 0 spiro atoms. The summed E-state index contributed by atoms with van der Waals surface area (Å²) in [7, 11) is 0. The SMILES string of the molecule is CCC/C=C\C/C=C\C(CCCCCCC(=O)NCC(=O)O)OC(=O)CCCCCCCC/C=C\C/C=C\C/C=C\CCCCCCC. The summed E-state index contributed by atoms with van der Waals surface area (Å²) in [4.78, 5) is 34.8. The van der Waals surface area contributed by atoms with E-state index in [0.717, 1.165) is 89.9 Å². The highest BCUT2D eigenvalue weighted by molar-refractivity contribution is 5.80. The van der Waals surface area contributed by atoms with Crippen molar-refractivity contribution in [2.75, 3.05) is 6.54 Å². The second-order valence-electron chi connectivity index (χ2n) is 12.8. The van der Waals surface area contributed by atoms with Gasteiger partial charge in [0.05, 0.1) is 0 Å². The molecule has 0 radical (unpaired) electrons. The van der Waals surface area contributed by atoms with E-state index < -0.39 is 5.97 Å². The van der Waals surface area contributed by atoms with Gasteiger partial charge in [-0.25, -0.2) is 0 Å². The number of esters is 1. The molecule has 0 aromatic rings. The maximum absolute atomic E-state index is 12.6. The first kappa shape index (κ1) is 45.1. The zero-order chi connectivity index (χ0) is 35.2. The Hall–Kier alpha value is -2.89. The molecule has 0 aromatic heterocycles. The molecule has 1 unspecified atom stereocenters. The van der Waals surface area contributed by atoms with Crippen LogP contribution in [0.4, 0.5) is 0 Å². The molecular formula is C42H71NO5. The van der Waals surface area contributed by atoms with Crippen LogP contribution in [-0.4, -0.2) is 35.6 Å². The second-order valence-corrected chi connectivity index (χ2v) is 12.8. The van der Waals surface area contributed by atoms with Crippen molar-refractivity contribution in [2.24, 2.45) is 0 Å². The van der Waals surface area contributed by atoms with Gasteiger partial charge in [-0.2, -0.15) is 0 Å². The highest BCUT2D eigenvalue weighted by Crippen LogP contribution is 2.14. The van der Waals surface area contributed by atoms with Crippen LogP contribution in [0.3, 0.4) is 0 Å². The van der Waals surface area contributed by atoms with Crippen LogP contribution in [0.15, 0.2) is 60.8 Å². The lowest BCUT2D eigenvalue weighted by molar-refractivity contribution is -0.147. The van der Waals surface area contributed by atoms with E-state index in [2.05, 4.69) is 73.8 Å². The number of hydrogen-bond acceptors (Lipinski definition) is 4. The monoisotopic (exact) mass is 670 g/mol. The van der Waals surface area contributed by atoms with Crippen LogP contribution in [0.2, 0.25) is 0 Å². The predicted octanol–water partition coefficient (Wildman–Crippen LogP) is 11.7. The number of allylic oxidation sites excluding steroid dienone is 9. The molecule has 0 saturated carbocycles. The first-order valence-corrected chi connectivity index (χ1v) is 19.4. The topological polar surface area (TPSA) is 92.7 Å². The fourth-order valence-electron chi connectivity index (χ4n) is 5.24. The molecule has 0 aliphatic heterocycles. The zero-order valence-electron chi connectivity index (χ0n) is 30.8. The Morgan fingerprint density at radius 3 is 1.67 bits per heavy atom. The van der Waals surface area contributed by atoms with Crippen LogP contribution < -0.4 is 5.32 Å². The number of ether oxygens (including phenoxy) is 1. The van der Waals surface area contributed by atoms with Gasteiger partial charge in [0.15, 0.2) is 0 Å². The van der Waals surface area contributed by atoms with Crippen LogP contribution in [0.25, 0.3) is 0 Å². The van der Waals surface area contributed by atoms with Gasteiger partial charge in [-0.05, 0) is 83.1 Å². The molecule has 0 saturated heterocycles. The smallest absolute Gasteiger partial charge is 0.322 e. The second kappa shape index (κ2) is 36.9. The molecule has 0 aliphatic rings. The average Bonchev–Trinajstić information content (AvgIpc) is 3.07. The Bertz CT molecular complexity index is 917. The summed E-state index contributed by atoms with van der Waals surface area (Å²) < 4.78 is 5.84.